The van der Waals surface area contributed by atoms with Crippen LogP contribution in [0, 0.1) is 0 Å². The first-order chi connectivity index (χ1) is 8.50. The summed E-state index contributed by atoms with van der Waals surface area (Å²) < 4.78 is 0. The first kappa shape index (κ1) is 13.6. The second-order valence-corrected chi connectivity index (χ2v) is 7.04. The molecule has 0 amide bonds. The Morgan fingerprint density at radius 2 is 2.00 bits per heavy atom. The van der Waals surface area contributed by atoms with E-state index in [1.165, 1.54) is 11.1 Å². The average Bonchev–Trinajstić information content (AvgIpc) is 2.76. The van der Waals surface area contributed by atoms with E-state index in [2.05, 4.69) is 49.9 Å². The first-order valence-electron chi connectivity index (χ1n) is 6.41. The first-order valence-corrected chi connectivity index (χ1v) is 7.46. The summed E-state index contributed by atoms with van der Waals surface area (Å²) in [6, 6.07) is 8.78. The van der Waals surface area contributed by atoms with E-state index in [0.29, 0.717) is 0 Å². The number of rotatable bonds is 3. The van der Waals surface area contributed by atoms with Gasteiger partial charge in [-0.1, -0.05) is 45.0 Å². The van der Waals surface area contributed by atoms with Gasteiger partial charge in [0.05, 0.1) is 0 Å². The Morgan fingerprint density at radius 1 is 1.33 bits per heavy atom. The summed E-state index contributed by atoms with van der Waals surface area (Å²) in [7, 11) is 0. The maximum atomic E-state index is 10.9. The van der Waals surface area contributed by atoms with Crippen LogP contribution in [0.4, 0.5) is 0 Å². The van der Waals surface area contributed by atoms with Gasteiger partial charge < -0.3 is 4.79 Å². The molecule has 0 saturated carbocycles. The fourth-order valence-corrected chi connectivity index (χ4v) is 3.21. The quantitative estimate of drug-likeness (QED) is 0.782. The molecule has 98 valence electrons. The number of carbonyl (C=O) groups excluding carboxylic acids is 1. The third kappa shape index (κ3) is 3.15. The van der Waals surface area contributed by atoms with Crippen LogP contribution in [0.5, 0.6) is 0 Å². The van der Waals surface area contributed by atoms with E-state index >= 15 is 0 Å². The maximum Gasteiger partial charge on any atom is 0.147 e. The maximum absolute atomic E-state index is 10.9. The lowest BCUT2D eigenvalue weighted by Gasteiger charge is -2.21. The summed E-state index contributed by atoms with van der Waals surface area (Å²) in [6.07, 6.45) is 1.06. The minimum atomic E-state index is 0.0484. The summed E-state index contributed by atoms with van der Waals surface area (Å²) in [5.41, 5.74) is 2.85. The van der Waals surface area contributed by atoms with Crippen LogP contribution in [0.3, 0.4) is 0 Å². The molecule has 1 aliphatic rings. The second kappa shape index (κ2) is 5.45. The van der Waals surface area contributed by atoms with Crippen molar-refractivity contribution in [3.63, 3.8) is 0 Å². The Balaban J connectivity index is 2.04. The van der Waals surface area contributed by atoms with Gasteiger partial charge in [0, 0.05) is 18.8 Å². The molecule has 1 heterocycles. The van der Waals surface area contributed by atoms with Gasteiger partial charge in [0.2, 0.25) is 0 Å². The highest BCUT2D eigenvalue weighted by Crippen LogP contribution is 2.25. The Kier molecular flexibility index (Phi) is 4.13. The van der Waals surface area contributed by atoms with Crippen molar-refractivity contribution in [2.75, 3.05) is 12.3 Å². The van der Waals surface area contributed by atoms with E-state index in [4.69, 9.17) is 0 Å². The smallest absolute Gasteiger partial charge is 0.147 e. The van der Waals surface area contributed by atoms with Gasteiger partial charge in [-0.2, -0.15) is 0 Å². The van der Waals surface area contributed by atoms with E-state index < -0.39 is 0 Å². The van der Waals surface area contributed by atoms with E-state index in [9.17, 15) is 4.79 Å². The molecule has 0 N–H and O–H groups in total. The van der Waals surface area contributed by atoms with Crippen molar-refractivity contribution >= 4 is 18.0 Å². The van der Waals surface area contributed by atoms with Crippen LogP contribution in [0.1, 0.15) is 31.9 Å². The highest BCUT2D eigenvalue weighted by Gasteiger charge is 2.24. The van der Waals surface area contributed by atoms with Crippen LogP contribution in [-0.4, -0.2) is 28.9 Å². The highest BCUT2D eigenvalue weighted by molar-refractivity contribution is 8.00. The molecule has 2 rings (SSSR count). The molecule has 0 aromatic heterocycles. The summed E-state index contributed by atoms with van der Waals surface area (Å²) >= 11 is 1.73. The minimum Gasteiger partial charge on any atom is -0.301 e. The standard InChI is InChI=1S/C15H21NOS/c1-15(2,3)13-6-4-12(5-7-13)10-16-8-9-18-14(16)11-17/h4-7,11,14H,8-10H2,1-3H3. The van der Waals surface area contributed by atoms with Gasteiger partial charge in [-0.25, -0.2) is 0 Å². The van der Waals surface area contributed by atoms with Crippen molar-refractivity contribution in [2.24, 2.45) is 0 Å². The van der Waals surface area contributed by atoms with Crippen LogP contribution in [0.2, 0.25) is 0 Å². The van der Waals surface area contributed by atoms with Crippen LogP contribution in [-0.2, 0) is 16.8 Å². The van der Waals surface area contributed by atoms with Crippen molar-refractivity contribution in [3.8, 4) is 0 Å². The summed E-state index contributed by atoms with van der Waals surface area (Å²) in [4.78, 5) is 13.2. The fourth-order valence-electron chi connectivity index (χ4n) is 2.16. The molecule has 1 aliphatic heterocycles. The molecule has 18 heavy (non-hydrogen) atoms. The summed E-state index contributed by atoms with van der Waals surface area (Å²) in [6.45, 7) is 8.56. The molecule has 1 aromatic carbocycles. The zero-order valence-electron chi connectivity index (χ0n) is 11.3. The molecule has 3 heteroatoms. The largest absolute Gasteiger partial charge is 0.301 e. The summed E-state index contributed by atoms with van der Waals surface area (Å²) in [5, 5.41) is 0.0484. The Labute approximate surface area is 114 Å². The van der Waals surface area contributed by atoms with Gasteiger partial charge in [0.15, 0.2) is 0 Å². The monoisotopic (exact) mass is 263 g/mol. The molecular formula is C15H21NOS. The molecule has 0 spiro atoms. The lowest BCUT2D eigenvalue weighted by atomic mass is 9.87. The third-order valence-electron chi connectivity index (χ3n) is 3.35. The van der Waals surface area contributed by atoms with E-state index in [1.807, 2.05) is 0 Å². The molecule has 0 aliphatic carbocycles. The number of thioether (sulfide) groups is 1. The van der Waals surface area contributed by atoms with Crippen molar-refractivity contribution < 1.29 is 4.79 Å². The van der Waals surface area contributed by atoms with Gasteiger partial charge in [-0.15, -0.1) is 11.8 Å². The van der Waals surface area contributed by atoms with Gasteiger partial charge in [0.25, 0.3) is 0 Å². The van der Waals surface area contributed by atoms with Crippen molar-refractivity contribution in [1.29, 1.82) is 0 Å². The molecule has 1 saturated heterocycles. The zero-order valence-corrected chi connectivity index (χ0v) is 12.2. The topological polar surface area (TPSA) is 20.3 Å². The highest BCUT2D eigenvalue weighted by atomic mass is 32.2. The molecular weight excluding hydrogens is 242 g/mol. The third-order valence-corrected chi connectivity index (χ3v) is 4.52. The minimum absolute atomic E-state index is 0.0484. The SMILES string of the molecule is CC(C)(C)c1ccc(CN2CCSC2C=O)cc1. The summed E-state index contributed by atoms with van der Waals surface area (Å²) in [5.74, 6) is 1.06. The van der Waals surface area contributed by atoms with Crippen molar-refractivity contribution in [2.45, 2.75) is 38.1 Å². The lowest BCUT2D eigenvalue weighted by Crippen LogP contribution is -2.28. The Bertz CT molecular complexity index is 407. The Morgan fingerprint density at radius 3 is 2.56 bits per heavy atom. The molecule has 2 nitrogen and oxygen atoms in total. The van der Waals surface area contributed by atoms with Gasteiger partial charge in [0.1, 0.15) is 11.7 Å². The van der Waals surface area contributed by atoms with Gasteiger partial charge in [-0.05, 0) is 16.5 Å². The van der Waals surface area contributed by atoms with Gasteiger partial charge >= 0.3 is 0 Å². The second-order valence-electron chi connectivity index (χ2n) is 5.81. The zero-order chi connectivity index (χ0) is 13.2. The normalized spacial score (nSPS) is 21.2. The van der Waals surface area contributed by atoms with Crippen LogP contribution < -0.4 is 0 Å². The molecule has 1 fully saturated rings. The number of hydrogen-bond acceptors (Lipinski definition) is 3. The number of carbonyl (C=O) groups is 1. The number of benzene rings is 1. The van der Waals surface area contributed by atoms with Crippen molar-refractivity contribution in [3.05, 3.63) is 35.4 Å². The number of aldehydes is 1. The van der Waals surface area contributed by atoms with Crippen LogP contribution in [0.25, 0.3) is 0 Å². The Hall–Kier alpha value is -0.800. The van der Waals surface area contributed by atoms with Crippen LogP contribution in [0.15, 0.2) is 24.3 Å². The average molecular weight is 263 g/mol. The molecule has 0 radical (unpaired) electrons. The van der Waals surface area contributed by atoms with Crippen LogP contribution >= 0.6 is 11.8 Å². The molecule has 1 atom stereocenters. The number of nitrogens with zero attached hydrogens (tertiary/aromatic N) is 1. The lowest BCUT2D eigenvalue weighted by molar-refractivity contribution is -0.109. The predicted octanol–water partition coefficient (Wildman–Crippen LogP) is 3.06. The van der Waals surface area contributed by atoms with E-state index in [0.717, 1.165) is 25.1 Å². The molecule has 1 unspecified atom stereocenters. The fraction of sp³-hybridized carbons (Fsp3) is 0.533. The van der Waals surface area contributed by atoms with E-state index in [1.54, 1.807) is 11.8 Å². The van der Waals surface area contributed by atoms with E-state index in [-0.39, 0.29) is 10.8 Å². The van der Waals surface area contributed by atoms with Gasteiger partial charge in [-0.3, -0.25) is 4.90 Å². The molecule has 0 bridgehead atoms. The molecule has 1 aromatic rings. The predicted molar refractivity (Wildman–Crippen MR) is 77.9 cm³/mol. The number of hydrogen-bond donors (Lipinski definition) is 0. The van der Waals surface area contributed by atoms with Crippen molar-refractivity contribution in [1.82, 2.24) is 4.90 Å².